The lowest BCUT2D eigenvalue weighted by atomic mass is 9.82. The molecule has 0 saturated carbocycles. The van der Waals surface area contributed by atoms with Crippen molar-refractivity contribution in [3.63, 3.8) is 0 Å². The summed E-state index contributed by atoms with van der Waals surface area (Å²) >= 11 is -2.02. The zero-order valence-electron chi connectivity index (χ0n) is 9.57. The Morgan fingerprint density at radius 1 is 1.31 bits per heavy atom. The van der Waals surface area contributed by atoms with Gasteiger partial charge in [0.15, 0.2) is 0 Å². The van der Waals surface area contributed by atoms with Crippen LogP contribution in [0.1, 0.15) is 39.0 Å². The molecule has 0 spiro atoms. The third kappa shape index (κ3) is 2.71. The summed E-state index contributed by atoms with van der Waals surface area (Å²) in [5.41, 5.74) is 2.92. The van der Waals surface area contributed by atoms with Crippen LogP contribution in [0, 0.1) is 5.92 Å². The van der Waals surface area contributed by atoms with Gasteiger partial charge < -0.3 is 4.55 Å². The Labute approximate surface area is 99.4 Å². The van der Waals surface area contributed by atoms with Crippen molar-refractivity contribution in [2.24, 2.45) is 5.92 Å². The van der Waals surface area contributed by atoms with Crippen LogP contribution in [0.3, 0.4) is 0 Å². The highest BCUT2D eigenvalue weighted by atomic mass is 32.2. The molecule has 2 aliphatic rings. The molecule has 0 amide bonds. The standard InChI is InChI=1S/C13H18O2S/c1-10-2-4-11(5-3-10)12-6-8-13(9-7-12)16(14)15/h2,6,8,11H,3-5,7,9H2,1H3,(H,14,15)/p-1. The summed E-state index contributed by atoms with van der Waals surface area (Å²) in [6.07, 6.45) is 11.2. The quantitative estimate of drug-likeness (QED) is 0.546. The summed E-state index contributed by atoms with van der Waals surface area (Å²) in [7, 11) is 0. The molecule has 3 heteroatoms. The zero-order valence-corrected chi connectivity index (χ0v) is 10.4. The van der Waals surface area contributed by atoms with Gasteiger partial charge in [0.05, 0.1) is 0 Å². The van der Waals surface area contributed by atoms with Gasteiger partial charge in [-0.2, -0.15) is 0 Å². The van der Waals surface area contributed by atoms with Gasteiger partial charge in [-0.3, -0.25) is 4.21 Å². The van der Waals surface area contributed by atoms with E-state index >= 15 is 0 Å². The monoisotopic (exact) mass is 237 g/mol. The van der Waals surface area contributed by atoms with Crippen molar-refractivity contribution in [3.05, 3.63) is 34.3 Å². The van der Waals surface area contributed by atoms with Gasteiger partial charge in [-0.15, -0.1) is 0 Å². The molecule has 0 radical (unpaired) electrons. The minimum atomic E-state index is -2.02. The topological polar surface area (TPSA) is 40.1 Å². The second-order valence-electron chi connectivity index (χ2n) is 4.63. The molecule has 16 heavy (non-hydrogen) atoms. The van der Waals surface area contributed by atoms with E-state index in [0.29, 0.717) is 17.2 Å². The molecule has 0 aromatic carbocycles. The molecule has 2 aliphatic carbocycles. The highest BCUT2D eigenvalue weighted by Crippen LogP contribution is 2.34. The third-order valence-corrected chi connectivity index (χ3v) is 4.29. The Morgan fingerprint density at radius 3 is 2.62 bits per heavy atom. The fraction of sp³-hybridized carbons (Fsp3) is 0.538. The average molecular weight is 237 g/mol. The lowest BCUT2D eigenvalue weighted by molar-refractivity contribution is 0.516. The normalized spacial score (nSPS) is 27.9. The van der Waals surface area contributed by atoms with Crippen LogP contribution in [-0.4, -0.2) is 8.76 Å². The van der Waals surface area contributed by atoms with E-state index in [1.807, 2.05) is 6.08 Å². The van der Waals surface area contributed by atoms with Gasteiger partial charge in [0, 0.05) is 4.91 Å². The predicted octanol–water partition coefficient (Wildman–Crippen LogP) is 3.22. The van der Waals surface area contributed by atoms with Crippen LogP contribution in [0.5, 0.6) is 0 Å². The van der Waals surface area contributed by atoms with E-state index in [-0.39, 0.29) is 0 Å². The highest BCUT2D eigenvalue weighted by molar-refractivity contribution is 7.83. The van der Waals surface area contributed by atoms with Gasteiger partial charge in [0.25, 0.3) is 0 Å². The fourth-order valence-electron chi connectivity index (χ4n) is 2.42. The molecule has 2 atom stereocenters. The summed E-state index contributed by atoms with van der Waals surface area (Å²) in [5.74, 6) is 0.640. The lowest BCUT2D eigenvalue weighted by Gasteiger charge is -2.26. The minimum absolute atomic E-state index is 0.547. The van der Waals surface area contributed by atoms with Crippen molar-refractivity contribution in [2.45, 2.75) is 39.0 Å². The molecular weight excluding hydrogens is 220 g/mol. The van der Waals surface area contributed by atoms with E-state index < -0.39 is 11.1 Å². The lowest BCUT2D eigenvalue weighted by Crippen LogP contribution is -2.10. The Hall–Kier alpha value is -0.670. The second kappa shape index (κ2) is 5.11. The summed E-state index contributed by atoms with van der Waals surface area (Å²) in [6.45, 7) is 2.18. The van der Waals surface area contributed by atoms with Crippen LogP contribution >= 0.6 is 0 Å². The van der Waals surface area contributed by atoms with Crippen molar-refractivity contribution >= 4 is 11.1 Å². The number of hydrogen-bond acceptors (Lipinski definition) is 2. The Bertz CT molecular complexity index is 391. The molecule has 0 aliphatic heterocycles. The van der Waals surface area contributed by atoms with Crippen molar-refractivity contribution in [2.75, 3.05) is 0 Å². The number of rotatable bonds is 2. The van der Waals surface area contributed by atoms with E-state index in [1.54, 1.807) is 6.08 Å². The van der Waals surface area contributed by atoms with Gasteiger partial charge in [-0.25, -0.2) is 0 Å². The van der Waals surface area contributed by atoms with Gasteiger partial charge in [0.1, 0.15) is 0 Å². The van der Waals surface area contributed by atoms with Gasteiger partial charge in [0.2, 0.25) is 0 Å². The van der Waals surface area contributed by atoms with Crippen molar-refractivity contribution < 1.29 is 8.76 Å². The van der Waals surface area contributed by atoms with Crippen LogP contribution in [0.4, 0.5) is 0 Å². The molecule has 0 aromatic heterocycles. The summed E-state index contributed by atoms with van der Waals surface area (Å²) in [5, 5.41) is 0. The first-order chi connectivity index (χ1) is 7.66. The minimum Gasteiger partial charge on any atom is -0.769 e. The molecule has 2 nitrogen and oxygen atoms in total. The first-order valence-electron chi connectivity index (χ1n) is 5.81. The zero-order chi connectivity index (χ0) is 11.5. The smallest absolute Gasteiger partial charge is 0.00271 e. The second-order valence-corrected chi connectivity index (χ2v) is 5.62. The molecule has 0 bridgehead atoms. The summed E-state index contributed by atoms with van der Waals surface area (Å²) in [6, 6.07) is 0. The summed E-state index contributed by atoms with van der Waals surface area (Å²) < 4.78 is 21.5. The van der Waals surface area contributed by atoms with Crippen LogP contribution in [-0.2, 0) is 11.1 Å². The van der Waals surface area contributed by atoms with Gasteiger partial charge in [-0.1, -0.05) is 29.4 Å². The fourth-order valence-corrected chi connectivity index (χ4v) is 2.86. The number of allylic oxidation sites excluding steroid dienone is 6. The molecule has 2 rings (SSSR count). The van der Waals surface area contributed by atoms with Crippen LogP contribution in [0.15, 0.2) is 34.3 Å². The predicted molar refractivity (Wildman–Crippen MR) is 65.4 cm³/mol. The van der Waals surface area contributed by atoms with Gasteiger partial charge >= 0.3 is 0 Å². The van der Waals surface area contributed by atoms with E-state index in [9.17, 15) is 8.76 Å². The maximum atomic E-state index is 10.8. The molecule has 2 unspecified atom stereocenters. The Balaban J connectivity index is 2.05. The van der Waals surface area contributed by atoms with Gasteiger partial charge in [-0.05, 0) is 56.0 Å². The van der Waals surface area contributed by atoms with E-state index in [1.165, 1.54) is 24.0 Å². The molecule has 0 aromatic rings. The maximum Gasteiger partial charge on any atom is 0.00271 e. The molecule has 0 saturated heterocycles. The molecular formula is C13H17O2S-. The molecule has 0 fully saturated rings. The van der Waals surface area contributed by atoms with Crippen LogP contribution in [0.2, 0.25) is 0 Å². The van der Waals surface area contributed by atoms with Crippen LogP contribution < -0.4 is 0 Å². The molecule has 0 heterocycles. The van der Waals surface area contributed by atoms with Crippen molar-refractivity contribution in [3.8, 4) is 0 Å². The van der Waals surface area contributed by atoms with E-state index in [0.717, 1.165) is 12.8 Å². The van der Waals surface area contributed by atoms with E-state index in [2.05, 4.69) is 13.0 Å². The van der Waals surface area contributed by atoms with Crippen molar-refractivity contribution in [1.82, 2.24) is 0 Å². The molecule has 88 valence electrons. The maximum absolute atomic E-state index is 10.8. The summed E-state index contributed by atoms with van der Waals surface area (Å²) in [4.78, 5) is 0.547. The SMILES string of the molecule is CC1=CCC(C2=CC=C(S(=O)[O-])CC2)CC1. The van der Waals surface area contributed by atoms with E-state index in [4.69, 9.17) is 0 Å². The Morgan fingerprint density at radius 2 is 2.12 bits per heavy atom. The van der Waals surface area contributed by atoms with Crippen LogP contribution in [0.25, 0.3) is 0 Å². The van der Waals surface area contributed by atoms with Crippen molar-refractivity contribution in [1.29, 1.82) is 0 Å². The number of hydrogen-bond donors (Lipinski definition) is 0. The Kier molecular flexibility index (Phi) is 3.77. The largest absolute Gasteiger partial charge is 0.769 e. The first-order valence-corrected chi connectivity index (χ1v) is 6.89. The highest BCUT2D eigenvalue weighted by Gasteiger charge is 2.18. The first kappa shape index (κ1) is 11.8. The molecule has 0 N–H and O–H groups in total. The third-order valence-electron chi connectivity index (χ3n) is 3.52. The average Bonchev–Trinajstić information content (AvgIpc) is 2.30.